The van der Waals surface area contributed by atoms with E-state index in [1.165, 1.54) is 7.11 Å². The Morgan fingerprint density at radius 2 is 2.06 bits per heavy atom. The number of urea groups is 1. The van der Waals surface area contributed by atoms with Gasteiger partial charge in [0.25, 0.3) is 0 Å². The molecule has 0 rings (SSSR count). The van der Waals surface area contributed by atoms with Gasteiger partial charge in [0, 0.05) is 13.7 Å². The number of carbonyl (C=O) groups excluding carboxylic acids is 1. The standard InChI is InChI=1S/C10H21N3O4/c1-13(2)6-4-5-11-10(16)12-8(7-17-3)9(14)15/h8H,4-7H2,1-3H3,(H,14,15)(H2,11,12,16). The van der Waals surface area contributed by atoms with Gasteiger partial charge >= 0.3 is 12.0 Å². The van der Waals surface area contributed by atoms with Gasteiger partial charge in [-0.1, -0.05) is 0 Å². The molecule has 7 heteroatoms. The molecule has 0 aliphatic carbocycles. The van der Waals surface area contributed by atoms with Crippen molar-refractivity contribution in [3.8, 4) is 0 Å². The van der Waals surface area contributed by atoms with Gasteiger partial charge in [-0.05, 0) is 27.1 Å². The summed E-state index contributed by atoms with van der Waals surface area (Å²) in [5, 5.41) is 13.7. The summed E-state index contributed by atoms with van der Waals surface area (Å²) in [5.41, 5.74) is 0. The van der Waals surface area contributed by atoms with E-state index in [1.54, 1.807) is 0 Å². The van der Waals surface area contributed by atoms with Gasteiger partial charge in [0.15, 0.2) is 6.04 Å². The quantitative estimate of drug-likeness (QED) is 0.495. The second-order valence-electron chi connectivity index (χ2n) is 3.90. The fraction of sp³-hybridized carbons (Fsp3) is 0.800. The minimum atomic E-state index is -1.12. The van der Waals surface area contributed by atoms with Gasteiger partial charge in [-0.25, -0.2) is 9.59 Å². The average molecular weight is 247 g/mol. The lowest BCUT2D eigenvalue weighted by Crippen LogP contribution is -2.48. The van der Waals surface area contributed by atoms with Gasteiger partial charge in [0.2, 0.25) is 0 Å². The SMILES string of the molecule is COCC(NC(=O)NCCCN(C)C)C(=O)O. The second kappa shape index (κ2) is 8.77. The molecular formula is C10H21N3O4. The van der Waals surface area contributed by atoms with Gasteiger partial charge in [-0.3, -0.25) is 0 Å². The number of hydrogen-bond donors (Lipinski definition) is 3. The van der Waals surface area contributed by atoms with E-state index in [4.69, 9.17) is 9.84 Å². The van der Waals surface area contributed by atoms with Crippen molar-refractivity contribution >= 4 is 12.0 Å². The number of amides is 2. The smallest absolute Gasteiger partial charge is 0.328 e. The van der Waals surface area contributed by atoms with Gasteiger partial charge in [0.05, 0.1) is 6.61 Å². The molecule has 100 valence electrons. The van der Waals surface area contributed by atoms with Crippen LogP contribution < -0.4 is 10.6 Å². The lowest BCUT2D eigenvalue weighted by atomic mass is 10.3. The van der Waals surface area contributed by atoms with Crippen molar-refractivity contribution in [2.75, 3.05) is 40.9 Å². The highest BCUT2D eigenvalue weighted by atomic mass is 16.5. The third-order valence-corrected chi connectivity index (χ3v) is 2.00. The van der Waals surface area contributed by atoms with Crippen LogP contribution in [0.3, 0.4) is 0 Å². The van der Waals surface area contributed by atoms with Gasteiger partial charge < -0.3 is 25.4 Å². The molecule has 2 amide bonds. The molecule has 0 bridgehead atoms. The van der Waals surface area contributed by atoms with E-state index in [2.05, 4.69) is 10.6 Å². The first-order chi connectivity index (χ1) is 7.97. The number of rotatable bonds is 8. The van der Waals surface area contributed by atoms with Gasteiger partial charge in [0.1, 0.15) is 0 Å². The molecule has 7 nitrogen and oxygen atoms in total. The first-order valence-electron chi connectivity index (χ1n) is 5.38. The molecule has 1 unspecified atom stereocenters. The van der Waals surface area contributed by atoms with Crippen molar-refractivity contribution in [2.24, 2.45) is 0 Å². The predicted octanol–water partition coefficient (Wildman–Crippen LogP) is -0.663. The normalized spacial score (nSPS) is 12.2. The van der Waals surface area contributed by atoms with Crippen molar-refractivity contribution in [1.82, 2.24) is 15.5 Å². The molecule has 0 fully saturated rings. The Morgan fingerprint density at radius 1 is 1.41 bits per heavy atom. The zero-order valence-electron chi connectivity index (χ0n) is 10.5. The zero-order valence-corrected chi connectivity index (χ0v) is 10.5. The van der Waals surface area contributed by atoms with E-state index in [-0.39, 0.29) is 6.61 Å². The van der Waals surface area contributed by atoms with E-state index in [0.29, 0.717) is 6.54 Å². The highest BCUT2D eigenvalue weighted by molar-refractivity contribution is 5.82. The molecule has 3 N–H and O–H groups in total. The van der Waals surface area contributed by atoms with E-state index < -0.39 is 18.0 Å². The average Bonchev–Trinajstić information content (AvgIpc) is 2.23. The van der Waals surface area contributed by atoms with Crippen molar-refractivity contribution < 1.29 is 19.4 Å². The number of nitrogens with zero attached hydrogens (tertiary/aromatic N) is 1. The third kappa shape index (κ3) is 8.47. The van der Waals surface area contributed by atoms with E-state index in [0.717, 1.165) is 13.0 Å². The van der Waals surface area contributed by atoms with E-state index in [9.17, 15) is 9.59 Å². The predicted molar refractivity (Wildman–Crippen MR) is 63.0 cm³/mol. The fourth-order valence-electron chi connectivity index (χ4n) is 1.15. The summed E-state index contributed by atoms with van der Waals surface area (Å²) in [7, 11) is 5.27. The Kier molecular flexibility index (Phi) is 8.08. The van der Waals surface area contributed by atoms with Crippen molar-refractivity contribution in [3.05, 3.63) is 0 Å². The van der Waals surface area contributed by atoms with E-state index in [1.807, 2.05) is 19.0 Å². The molecule has 0 aromatic carbocycles. The molecule has 0 heterocycles. The number of carbonyl (C=O) groups is 2. The van der Waals surface area contributed by atoms with Crippen molar-refractivity contribution in [2.45, 2.75) is 12.5 Å². The summed E-state index contributed by atoms with van der Waals surface area (Å²) in [6, 6.07) is -1.51. The largest absolute Gasteiger partial charge is 0.480 e. The maximum Gasteiger partial charge on any atom is 0.328 e. The van der Waals surface area contributed by atoms with Crippen LogP contribution in [0.5, 0.6) is 0 Å². The highest BCUT2D eigenvalue weighted by Gasteiger charge is 2.19. The first-order valence-corrected chi connectivity index (χ1v) is 5.38. The number of aliphatic carboxylic acids is 1. The molecule has 17 heavy (non-hydrogen) atoms. The van der Waals surface area contributed by atoms with Crippen LogP contribution in [0.15, 0.2) is 0 Å². The summed E-state index contributed by atoms with van der Waals surface area (Å²) < 4.78 is 4.69. The summed E-state index contributed by atoms with van der Waals surface area (Å²) >= 11 is 0. The number of carboxylic acid groups (broad SMARTS) is 1. The van der Waals surface area contributed by atoms with Crippen LogP contribution in [0.25, 0.3) is 0 Å². The Bertz CT molecular complexity index is 246. The lowest BCUT2D eigenvalue weighted by Gasteiger charge is -2.14. The van der Waals surface area contributed by atoms with Crippen LogP contribution in [0.2, 0.25) is 0 Å². The Hall–Kier alpha value is -1.34. The van der Waals surface area contributed by atoms with Gasteiger partial charge in [-0.15, -0.1) is 0 Å². The topological polar surface area (TPSA) is 90.9 Å². The molecule has 0 saturated carbocycles. The summed E-state index contributed by atoms with van der Waals surface area (Å²) in [6.45, 7) is 1.31. The molecule has 0 aromatic heterocycles. The third-order valence-electron chi connectivity index (χ3n) is 2.00. The summed E-state index contributed by atoms with van der Waals surface area (Å²) in [4.78, 5) is 24.0. The lowest BCUT2D eigenvalue weighted by molar-refractivity contribution is -0.140. The summed E-state index contributed by atoms with van der Waals surface area (Å²) in [5.74, 6) is -1.12. The van der Waals surface area contributed by atoms with Crippen LogP contribution in [0.1, 0.15) is 6.42 Å². The second-order valence-corrected chi connectivity index (χ2v) is 3.90. The number of carboxylic acids is 1. The first kappa shape index (κ1) is 15.7. The molecule has 0 aliphatic heterocycles. The summed E-state index contributed by atoms with van der Waals surface area (Å²) in [6.07, 6.45) is 0.808. The molecule has 0 saturated heterocycles. The number of nitrogens with one attached hydrogen (secondary N) is 2. The van der Waals surface area contributed by atoms with Crippen LogP contribution >= 0.6 is 0 Å². The monoisotopic (exact) mass is 247 g/mol. The number of hydrogen-bond acceptors (Lipinski definition) is 4. The Labute approximate surface area is 101 Å². The molecule has 0 aliphatic rings. The molecule has 0 radical (unpaired) electrons. The molecule has 1 atom stereocenters. The number of ether oxygens (including phenoxy) is 1. The molecular weight excluding hydrogens is 226 g/mol. The molecule has 0 spiro atoms. The maximum atomic E-state index is 11.3. The van der Waals surface area contributed by atoms with Gasteiger partial charge in [-0.2, -0.15) is 0 Å². The van der Waals surface area contributed by atoms with Crippen LogP contribution in [0, 0.1) is 0 Å². The zero-order chi connectivity index (χ0) is 13.3. The Morgan fingerprint density at radius 3 is 2.53 bits per heavy atom. The van der Waals surface area contributed by atoms with Crippen LogP contribution in [-0.2, 0) is 9.53 Å². The minimum Gasteiger partial charge on any atom is -0.480 e. The van der Waals surface area contributed by atoms with Crippen molar-refractivity contribution in [1.29, 1.82) is 0 Å². The Balaban J connectivity index is 3.78. The van der Waals surface area contributed by atoms with E-state index >= 15 is 0 Å². The maximum absolute atomic E-state index is 11.3. The highest BCUT2D eigenvalue weighted by Crippen LogP contribution is 1.86. The number of methoxy groups -OCH3 is 1. The van der Waals surface area contributed by atoms with Crippen molar-refractivity contribution in [3.63, 3.8) is 0 Å². The minimum absolute atomic E-state index is 0.0551. The van der Waals surface area contributed by atoms with Crippen LogP contribution in [0.4, 0.5) is 4.79 Å². The fourth-order valence-corrected chi connectivity index (χ4v) is 1.15. The molecule has 0 aromatic rings. The van der Waals surface area contributed by atoms with Crippen LogP contribution in [-0.4, -0.2) is 69.0 Å².